The summed E-state index contributed by atoms with van der Waals surface area (Å²) in [6, 6.07) is 12.7. The number of nitrogens with one attached hydrogen (secondary N) is 1. The Bertz CT molecular complexity index is 891. The second-order valence-corrected chi connectivity index (χ2v) is 7.21. The van der Waals surface area contributed by atoms with E-state index < -0.39 is 0 Å². The van der Waals surface area contributed by atoms with Crippen molar-refractivity contribution in [3.05, 3.63) is 48.0 Å². The second-order valence-electron chi connectivity index (χ2n) is 4.96. The molecule has 128 valence electrons. The van der Waals surface area contributed by atoms with Gasteiger partial charge in [0.25, 0.3) is 5.91 Å². The van der Waals surface area contributed by atoms with Gasteiger partial charge in [-0.05, 0) is 35.9 Å². The maximum atomic E-state index is 11.9. The van der Waals surface area contributed by atoms with Crippen molar-refractivity contribution in [1.82, 2.24) is 10.4 Å². The quantitative estimate of drug-likeness (QED) is 0.394. The zero-order valence-corrected chi connectivity index (χ0v) is 14.9. The van der Waals surface area contributed by atoms with Gasteiger partial charge in [-0.3, -0.25) is 4.79 Å². The first kappa shape index (κ1) is 17.2. The van der Waals surface area contributed by atoms with Gasteiger partial charge < -0.3 is 9.84 Å². The summed E-state index contributed by atoms with van der Waals surface area (Å²) >= 11 is 2.94. The van der Waals surface area contributed by atoms with Crippen LogP contribution in [-0.2, 0) is 4.79 Å². The molecule has 0 saturated carbocycles. The monoisotopic (exact) mass is 373 g/mol. The lowest BCUT2D eigenvalue weighted by Gasteiger charge is -2.03. The number of methoxy groups -OCH3 is 1. The first-order chi connectivity index (χ1) is 12.2. The van der Waals surface area contributed by atoms with Crippen molar-refractivity contribution >= 4 is 45.4 Å². The van der Waals surface area contributed by atoms with Gasteiger partial charge in [-0.1, -0.05) is 23.9 Å². The van der Waals surface area contributed by atoms with E-state index >= 15 is 0 Å². The fourth-order valence-corrected chi connectivity index (χ4v) is 3.89. The highest BCUT2D eigenvalue weighted by atomic mass is 32.2. The number of hydrazone groups is 1. The van der Waals surface area contributed by atoms with Crippen LogP contribution in [0.3, 0.4) is 0 Å². The third kappa shape index (κ3) is 4.49. The fraction of sp³-hybridized carbons (Fsp3) is 0.118. The van der Waals surface area contributed by atoms with E-state index in [1.807, 2.05) is 24.3 Å². The Balaban J connectivity index is 1.52. The van der Waals surface area contributed by atoms with E-state index in [1.54, 1.807) is 23.5 Å². The van der Waals surface area contributed by atoms with Crippen molar-refractivity contribution in [1.29, 1.82) is 0 Å². The molecule has 0 aliphatic carbocycles. The normalized spacial score (nSPS) is 11.1. The van der Waals surface area contributed by atoms with Crippen molar-refractivity contribution in [2.45, 2.75) is 4.34 Å². The number of hydrogen-bond donors (Lipinski definition) is 2. The molecule has 1 amide bonds. The van der Waals surface area contributed by atoms with Gasteiger partial charge in [0.1, 0.15) is 0 Å². The van der Waals surface area contributed by atoms with Crippen LogP contribution in [-0.4, -0.2) is 35.1 Å². The summed E-state index contributed by atoms with van der Waals surface area (Å²) in [7, 11) is 1.47. The Kier molecular flexibility index (Phi) is 5.52. The number of rotatable bonds is 6. The number of benzene rings is 2. The standard InChI is InChI=1S/C17H15N3O3S2/c1-23-14-8-11(6-7-13(14)21)9-18-20-16(22)10-24-17-19-12-4-2-3-5-15(12)25-17/h2-9,21H,10H2,1H3,(H,20,22). The van der Waals surface area contributed by atoms with Crippen LogP contribution in [0, 0.1) is 0 Å². The van der Waals surface area contributed by atoms with Crippen molar-refractivity contribution in [3.63, 3.8) is 0 Å². The lowest BCUT2D eigenvalue weighted by atomic mass is 10.2. The van der Waals surface area contributed by atoms with E-state index in [1.165, 1.54) is 31.2 Å². The van der Waals surface area contributed by atoms with E-state index in [9.17, 15) is 9.90 Å². The average Bonchev–Trinajstić information content (AvgIpc) is 3.04. The van der Waals surface area contributed by atoms with Crippen LogP contribution in [0.2, 0.25) is 0 Å². The van der Waals surface area contributed by atoms with Gasteiger partial charge in [-0.25, -0.2) is 10.4 Å². The van der Waals surface area contributed by atoms with Crippen molar-refractivity contribution in [2.75, 3.05) is 12.9 Å². The summed E-state index contributed by atoms with van der Waals surface area (Å²) in [5.41, 5.74) is 4.11. The van der Waals surface area contributed by atoms with Gasteiger partial charge >= 0.3 is 0 Å². The number of carbonyl (C=O) groups is 1. The number of thioether (sulfide) groups is 1. The van der Waals surface area contributed by atoms with Crippen molar-refractivity contribution < 1.29 is 14.6 Å². The number of aromatic hydroxyl groups is 1. The molecule has 25 heavy (non-hydrogen) atoms. The highest BCUT2D eigenvalue weighted by Gasteiger charge is 2.07. The summed E-state index contributed by atoms with van der Waals surface area (Å²) in [5, 5.41) is 13.4. The molecule has 0 fully saturated rings. The number of fused-ring (bicyclic) bond motifs is 1. The molecule has 0 radical (unpaired) electrons. The molecule has 0 bridgehead atoms. The summed E-state index contributed by atoms with van der Waals surface area (Å²) in [6.07, 6.45) is 1.49. The predicted molar refractivity (Wildman–Crippen MR) is 101 cm³/mol. The third-order valence-corrected chi connectivity index (χ3v) is 5.39. The summed E-state index contributed by atoms with van der Waals surface area (Å²) in [4.78, 5) is 16.3. The molecule has 2 aromatic carbocycles. The summed E-state index contributed by atoms with van der Waals surface area (Å²) < 4.78 is 6.97. The first-order valence-electron chi connectivity index (χ1n) is 7.33. The average molecular weight is 373 g/mol. The molecule has 0 unspecified atom stereocenters. The molecule has 3 aromatic rings. The van der Waals surface area contributed by atoms with E-state index in [2.05, 4.69) is 15.5 Å². The summed E-state index contributed by atoms with van der Waals surface area (Å²) in [5.74, 6) is 0.416. The van der Waals surface area contributed by atoms with Gasteiger partial charge in [-0.2, -0.15) is 5.10 Å². The molecule has 1 heterocycles. The molecule has 0 aliphatic heterocycles. The van der Waals surface area contributed by atoms with Crippen LogP contribution in [0.5, 0.6) is 11.5 Å². The minimum atomic E-state index is -0.216. The van der Waals surface area contributed by atoms with Crippen LogP contribution in [0.4, 0.5) is 0 Å². The Morgan fingerprint density at radius 3 is 3.04 bits per heavy atom. The molecule has 1 aromatic heterocycles. The lowest BCUT2D eigenvalue weighted by molar-refractivity contribution is -0.118. The number of phenolic OH excluding ortho intramolecular Hbond substituents is 1. The van der Waals surface area contributed by atoms with Gasteiger partial charge in [0, 0.05) is 0 Å². The zero-order chi connectivity index (χ0) is 17.6. The minimum absolute atomic E-state index is 0.0518. The van der Waals surface area contributed by atoms with Crippen LogP contribution in [0.25, 0.3) is 10.2 Å². The minimum Gasteiger partial charge on any atom is -0.504 e. The van der Waals surface area contributed by atoms with Crippen LogP contribution in [0.1, 0.15) is 5.56 Å². The maximum Gasteiger partial charge on any atom is 0.250 e. The molecule has 0 spiro atoms. The molecular formula is C17H15N3O3S2. The number of para-hydroxylation sites is 1. The third-order valence-electron chi connectivity index (χ3n) is 3.21. The molecule has 8 heteroatoms. The Hall–Kier alpha value is -2.58. The number of thiazole rings is 1. The summed E-state index contributed by atoms with van der Waals surface area (Å²) in [6.45, 7) is 0. The number of hydrogen-bond acceptors (Lipinski definition) is 7. The lowest BCUT2D eigenvalue weighted by Crippen LogP contribution is -2.19. The SMILES string of the molecule is COc1cc(C=NNC(=O)CSc2nc3ccccc3s2)ccc1O. The number of aromatic nitrogens is 1. The smallest absolute Gasteiger partial charge is 0.250 e. The largest absolute Gasteiger partial charge is 0.504 e. The highest BCUT2D eigenvalue weighted by Crippen LogP contribution is 2.29. The number of ether oxygens (including phenoxy) is 1. The van der Waals surface area contributed by atoms with Crippen molar-refractivity contribution in [2.24, 2.45) is 5.10 Å². The molecule has 3 rings (SSSR count). The molecular weight excluding hydrogens is 358 g/mol. The predicted octanol–water partition coefficient (Wildman–Crippen LogP) is 3.25. The zero-order valence-electron chi connectivity index (χ0n) is 13.3. The fourth-order valence-electron chi connectivity index (χ4n) is 2.03. The maximum absolute atomic E-state index is 11.9. The molecule has 2 N–H and O–H groups in total. The molecule has 0 saturated heterocycles. The number of nitrogens with zero attached hydrogens (tertiary/aromatic N) is 2. The van der Waals surface area contributed by atoms with Crippen LogP contribution >= 0.6 is 23.1 Å². The Morgan fingerprint density at radius 1 is 1.40 bits per heavy atom. The van der Waals surface area contributed by atoms with Crippen LogP contribution in [0.15, 0.2) is 51.9 Å². The van der Waals surface area contributed by atoms with Crippen molar-refractivity contribution in [3.8, 4) is 11.5 Å². The first-order valence-corrected chi connectivity index (χ1v) is 9.13. The van der Waals surface area contributed by atoms with E-state index in [0.29, 0.717) is 11.3 Å². The Morgan fingerprint density at radius 2 is 2.24 bits per heavy atom. The number of carbonyl (C=O) groups excluding carboxylic acids is 1. The van der Waals surface area contributed by atoms with Crippen LogP contribution < -0.4 is 10.2 Å². The van der Waals surface area contributed by atoms with Gasteiger partial charge in [0.05, 0.1) is 29.3 Å². The molecule has 0 atom stereocenters. The van der Waals surface area contributed by atoms with E-state index in [-0.39, 0.29) is 17.4 Å². The topological polar surface area (TPSA) is 83.8 Å². The number of amides is 1. The Labute approximate surface area is 152 Å². The van der Waals surface area contributed by atoms with E-state index in [4.69, 9.17) is 4.74 Å². The highest BCUT2D eigenvalue weighted by molar-refractivity contribution is 8.01. The van der Waals surface area contributed by atoms with Gasteiger partial charge in [0.2, 0.25) is 0 Å². The van der Waals surface area contributed by atoms with Gasteiger partial charge in [-0.15, -0.1) is 11.3 Å². The second kappa shape index (κ2) is 8.00. The molecule has 6 nitrogen and oxygen atoms in total. The van der Waals surface area contributed by atoms with E-state index in [0.717, 1.165) is 14.6 Å². The van der Waals surface area contributed by atoms with Gasteiger partial charge in [0.15, 0.2) is 15.8 Å². The molecule has 0 aliphatic rings. The number of phenols is 1.